The van der Waals surface area contributed by atoms with Gasteiger partial charge in [-0.05, 0) is 31.2 Å². The van der Waals surface area contributed by atoms with Crippen molar-refractivity contribution in [3.05, 3.63) is 52.4 Å². The van der Waals surface area contributed by atoms with Gasteiger partial charge in [-0.3, -0.25) is 10.1 Å². The number of carbonyl (C=O) groups is 2. The number of hydrogen-bond acceptors (Lipinski definition) is 3. The maximum Gasteiger partial charge on any atom is 0.319 e. The molecule has 1 aromatic carbocycles. The summed E-state index contributed by atoms with van der Waals surface area (Å²) >= 11 is 1.45. The van der Waals surface area contributed by atoms with Gasteiger partial charge in [0, 0.05) is 24.0 Å². The van der Waals surface area contributed by atoms with Crippen molar-refractivity contribution >= 4 is 28.3 Å². The van der Waals surface area contributed by atoms with Crippen LogP contribution in [0.25, 0.3) is 0 Å². The zero-order valence-electron chi connectivity index (χ0n) is 12.3. The second-order valence-electron chi connectivity index (χ2n) is 4.67. The molecule has 5 nitrogen and oxygen atoms in total. The molecule has 0 atom stereocenters. The summed E-state index contributed by atoms with van der Waals surface area (Å²) in [6.07, 6.45) is 0. The third-order valence-electron chi connectivity index (χ3n) is 2.85. The highest BCUT2D eigenvalue weighted by Gasteiger charge is 2.12. The molecule has 1 heterocycles. The molecule has 0 aliphatic heterocycles. The molecule has 0 fully saturated rings. The molecule has 8 heteroatoms. The average Bonchev–Trinajstić information content (AvgIpc) is 2.88. The molecule has 2 rings (SSSR count). The minimum atomic E-state index is -0.929. The molecular weight excluding hydrogens is 324 g/mol. The lowest BCUT2D eigenvalue weighted by Crippen LogP contribution is -2.36. The van der Waals surface area contributed by atoms with E-state index >= 15 is 0 Å². The second kappa shape index (κ2) is 7.68. The standard InChI is InChI=1S/C15H15F2N3O2S/c1-9-2-5-13(23-9)20-15(22)19-7-6-18-14(21)11-4-3-10(16)8-12(11)17/h2-5,8H,6-7H2,1H3,(H,18,21)(H2,19,20,22). The minimum absolute atomic E-state index is 0.118. The molecule has 2 aromatic rings. The van der Waals surface area contributed by atoms with Crippen molar-refractivity contribution in [3.8, 4) is 0 Å². The number of rotatable bonds is 5. The van der Waals surface area contributed by atoms with Crippen LogP contribution >= 0.6 is 11.3 Å². The van der Waals surface area contributed by atoms with E-state index in [1.807, 2.05) is 13.0 Å². The van der Waals surface area contributed by atoms with Gasteiger partial charge in [0.25, 0.3) is 5.91 Å². The van der Waals surface area contributed by atoms with Crippen LogP contribution in [0.2, 0.25) is 0 Å². The zero-order valence-corrected chi connectivity index (χ0v) is 13.1. The Morgan fingerprint density at radius 2 is 1.83 bits per heavy atom. The highest BCUT2D eigenvalue weighted by Crippen LogP contribution is 2.20. The summed E-state index contributed by atoms with van der Waals surface area (Å²) in [5.41, 5.74) is -0.245. The van der Waals surface area contributed by atoms with Crippen molar-refractivity contribution in [2.24, 2.45) is 0 Å². The fourth-order valence-electron chi connectivity index (χ4n) is 1.78. The number of carbonyl (C=O) groups excluding carboxylic acids is 2. The molecule has 122 valence electrons. The Hall–Kier alpha value is -2.48. The summed E-state index contributed by atoms with van der Waals surface area (Å²) in [5.74, 6) is -2.35. The first kappa shape index (κ1) is 16.9. The van der Waals surface area contributed by atoms with Crippen LogP contribution in [0.4, 0.5) is 18.6 Å². The molecule has 0 saturated carbocycles. The van der Waals surface area contributed by atoms with Crippen LogP contribution in [-0.2, 0) is 0 Å². The van der Waals surface area contributed by atoms with Gasteiger partial charge >= 0.3 is 6.03 Å². The summed E-state index contributed by atoms with van der Waals surface area (Å²) in [6.45, 7) is 2.22. The first-order valence-corrected chi connectivity index (χ1v) is 7.62. The van der Waals surface area contributed by atoms with E-state index in [2.05, 4.69) is 16.0 Å². The van der Waals surface area contributed by atoms with Gasteiger partial charge in [-0.15, -0.1) is 11.3 Å². The van der Waals surface area contributed by atoms with Crippen molar-refractivity contribution in [1.29, 1.82) is 0 Å². The van der Waals surface area contributed by atoms with Gasteiger partial charge in [0.15, 0.2) is 0 Å². The number of amides is 3. The summed E-state index contributed by atoms with van der Waals surface area (Å²) in [5, 5.41) is 8.37. The Morgan fingerprint density at radius 3 is 2.48 bits per heavy atom. The SMILES string of the molecule is Cc1ccc(NC(=O)NCCNC(=O)c2ccc(F)cc2F)s1. The monoisotopic (exact) mass is 339 g/mol. The zero-order chi connectivity index (χ0) is 16.8. The molecule has 0 bridgehead atoms. The molecule has 0 unspecified atom stereocenters. The van der Waals surface area contributed by atoms with E-state index < -0.39 is 23.6 Å². The molecule has 1 aromatic heterocycles. The lowest BCUT2D eigenvalue weighted by Gasteiger charge is -2.08. The molecule has 3 amide bonds. The van der Waals surface area contributed by atoms with Crippen LogP contribution in [0, 0.1) is 18.6 Å². The quantitative estimate of drug-likeness (QED) is 0.733. The smallest absolute Gasteiger partial charge is 0.319 e. The minimum Gasteiger partial charge on any atom is -0.350 e. The van der Waals surface area contributed by atoms with E-state index in [0.717, 1.165) is 22.0 Å². The predicted molar refractivity (Wildman–Crippen MR) is 84.8 cm³/mol. The lowest BCUT2D eigenvalue weighted by atomic mass is 10.2. The first-order chi connectivity index (χ1) is 11.0. The Balaban J connectivity index is 1.72. The van der Waals surface area contributed by atoms with E-state index in [-0.39, 0.29) is 18.7 Å². The van der Waals surface area contributed by atoms with E-state index in [1.54, 1.807) is 6.07 Å². The van der Waals surface area contributed by atoms with Crippen molar-refractivity contribution in [1.82, 2.24) is 10.6 Å². The summed E-state index contributed by atoms with van der Waals surface area (Å²) in [6, 6.07) is 6.00. The van der Waals surface area contributed by atoms with Gasteiger partial charge in [-0.1, -0.05) is 0 Å². The van der Waals surface area contributed by atoms with Gasteiger partial charge in [-0.25, -0.2) is 13.6 Å². The highest BCUT2D eigenvalue weighted by molar-refractivity contribution is 7.16. The lowest BCUT2D eigenvalue weighted by molar-refractivity contribution is 0.0950. The van der Waals surface area contributed by atoms with Crippen LogP contribution < -0.4 is 16.0 Å². The summed E-state index contributed by atoms with van der Waals surface area (Å²) < 4.78 is 26.2. The number of nitrogens with one attached hydrogen (secondary N) is 3. The number of urea groups is 1. The van der Waals surface area contributed by atoms with Gasteiger partial charge in [0.05, 0.1) is 10.6 Å². The van der Waals surface area contributed by atoms with Crippen LogP contribution in [0.3, 0.4) is 0 Å². The molecule has 23 heavy (non-hydrogen) atoms. The second-order valence-corrected chi connectivity index (χ2v) is 5.96. The van der Waals surface area contributed by atoms with Gasteiger partial charge < -0.3 is 10.6 Å². The van der Waals surface area contributed by atoms with Crippen molar-refractivity contribution in [3.63, 3.8) is 0 Å². The van der Waals surface area contributed by atoms with E-state index in [4.69, 9.17) is 0 Å². The fourth-order valence-corrected chi connectivity index (χ4v) is 2.54. The van der Waals surface area contributed by atoms with Crippen molar-refractivity contribution < 1.29 is 18.4 Å². The van der Waals surface area contributed by atoms with E-state index in [0.29, 0.717) is 6.07 Å². The molecule has 0 spiro atoms. The number of halogens is 2. The fraction of sp³-hybridized carbons (Fsp3) is 0.200. The van der Waals surface area contributed by atoms with Crippen LogP contribution in [0.15, 0.2) is 30.3 Å². The average molecular weight is 339 g/mol. The van der Waals surface area contributed by atoms with Crippen LogP contribution in [0.1, 0.15) is 15.2 Å². The Morgan fingerprint density at radius 1 is 1.09 bits per heavy atom. The van der Waals surface area contributed by atoms with Crippen molar-refractivity contribution in [2.75, 3.05) is 18.4 Å². The van der Waals surface area contributed by atoms with Gasteiger partial charge in [0.2, 0.25) is 0 Å². The number of aryl methyl sites for hydroxylation is 1. The predicted octanol–water partition coefficient (Wildman–Crippen LogP) is 2.89. The molecule has 0 saturated heterocycles. The summed E-state index contributed by atoms with van der Waals surface area (Å²) in [4.78, 5) is 24.4. The largest absolute Gasteiger partial charge is 0.350 e. The third kappa shape index (κ3) is 5.03. The number of hydrogen-bond donors (Lipinski definition) is 3. The van der Waals surface area contributed by atoms with Crippen LogP contribution in [-0.4, -0.2) is 25.0 Å². The Labute approximate surface area is 135 Å². The molecule has 0 aliphatic carbocycles. The molecule has 3 N–H and O–H groups in total. The Bertz CT molecular complexity index is 718. The maximum absolute atomic E-state index is 13.4. The normalized spacial score (nSPS) is 10.2. The first-order valence-electron chi connectivity index (χ1n) is 6.80. The molecule has 0 radical (unpaired) electrons. The van der Waals surface area contributed by atoms with Gasteiger partial charge in [0.1, 0.15) is 11.6 Å². The van der Waals surface area contributed by atoms with E-state index in [9.17, 15) is 18.4 Å². The molecular formula is C15H15F2N3O2S. The summed E-state index contributed by atoms with van der Waals surface area (Å²) in [7, 11) is 0. The highest BCUT2D eigenvalue weighted by atomic mass is 32.1. The number of thiophene rings is 1. The van der Waals surface area contributed by atoms with Gasteiger partial charge in [-0.2, -0.15) is 0 Å². The van der Waals surface area contributed by atoms with E-state index in [1.165, 1.54) is 11.3 Å². The molecule has 0 aliphatic rings. The third-order valence-corrected chi connectivity index (χ3v) is 3.77. The van der Waals surface area contributed by atoms with Crippen molar-refractivity contribution in [2.45, 2.75) is 6.92 Å². The number of anilines is 1. The number of benzene rings is 1. The van der Waals surface area contributed by atoms with Crippen LogP contribution in [0.5, 0.6) is 0 Å². The topological polar surface area (TPSA) is 70.2 Å². The maximum atomic E-state index is 13.4. The Kier molecular flexibility index (Phi) is 5.64.